The maximum atomic E-state index is 11.5. The van der Waals surface area contributed by atoms with E-state index in [9.17, 15) is 4.79 Å². The molecule has 2 rings (SSSR count). The maximum Gasteiger partial charge on any atom is 0.192 e. The van der Waals surface area contributed by atoms with Crippen molar-refractivity contribution in [1.82, 2.24) is 0 Å². The number of hydrogen-bond donors (Lipinski definition) is 0. The standard InChI is InChI=1S/C20H34O3Si/c1-15-9-10-20(14-23-24(7,8)18(3,4)5)16(2)17(12-21)13-22-19(20,6)11-15/h11-12H,9-10,13-14H2,1-8H3/t19-,20+/m1/s1. The Bertz CT molecular complexity index is 582. The van der Waals surface area contributed by atoms with Crippen LogP contribution in [0.2, 0.25) is 18.1 Å². The minimum absolute atomic E-state index is 0.168. The molecule has 0 fully saturated rings. The highest BCUT2D eigenvalue weighted by Gasteiger charge is 2.55. The van der Waals surface area contributed by atoms with Crippen LogP contribution < -0.4 is 0 Å². The molecule has 2 atom stereocenters. The molecule has 1 aliphatic carbocycles. The number of aldehydes is 1. The molecule has 0 aromatic rings. The van der Waals surface area contributed by atoms with E-state index in [-0.39, 0.29) is 10.5 Å². The van der Waals surface area contributed by atoms with Gasteiger partial charge in [0, 0.05) is 17.6 Å². The first-order chi connectivity index (χ1) is 10.9. The van der Waals surface area contributed by atoms with Gasteiger partial charge in [-0.2, -0.15) is 0 Å². The van der Waals surface area contributed by atoms with Gasteiger partial charge in [-0.05, 0) is 51.7 Å². The lowest BCUT2D eigenvalue weighted by atomic mass is 9.60. The molecule has 24 heavy (non-hydrogen) atoms. The fourth-order valence-corrected chi connectivity index (χ4v) is 4.73. The molecule has 0 aromatic heterocycles. The van der Waals surface area contributed by atoms with Gasteiger partial charge in [-0.25, -0.2) is 0 Å². The summed E-state index contributed by atoms with van der Waals surface area (Å²) in [5, 5.41) is 0.168. The van der Waals surface area contributed by atoms with Gasteiger partial charge in [0.1, 0.15) is 6.29 Å². The number of allylic oxidation sites excluding steroid dienone is 1. The smallest absolute Gasteiger partial charge is 0.192 e. The van der Waals surface area contributed by atoms with Crippen molar-refractivity contribution in [3.63, 3.8) is 0 Å². The Morgan fingerprint density at radius 1 is 1.33 bits per heavy atom. The summed E-state index contributed by atoms with van der Waals surface area (Å²) in [6, 6.07) is 0. The first-order valence-corrected chi connectivity index (χ1v) is 11.9. The van der Waals surface area contributed by atoms with Crippen molar-refractivity contribution in [3.8, 4) is 0 Å². The highest BCUT2D eigenvalue weighted by Crippen LogP contribution is 2.54. The summed E-state index contributed by atoms with van der Waals surface area (Å²) in [7, 11) is -1.87. The lowest BCUT2D eigenvalue weighted by Crippen LogP contribution is -2.57. The van der Waals surface area contributed by atoms with Gasteiger partial charge in [-0.15, -0.1) is 0 Å². The average Bonchev–Trinajstić information content (AvgIpc) is 2.45. The third-order valence-corrected chi connectivity index (χ3v) is 11.3. The molecule has 0 radical (unpaired) electrons. The highest BCUT2D eigenvalue weighted by molar-refractivity contribution is 6.74. The van der Waals surface area contributed by atoms with E-state index < -0.39 is 13.9 Å². The Hall–Kier alpha value is -0.713. The van der Waals surface area contributed by atoms with Crippen LogP contribution in [-0.2, 0) is 14.0 Å². The molecule has 2 aliphatic rings. The quantitative estimate of drug-likeness (QED) is 0.405. The van der Waals surface area contributed by atoms with E-state index in [1.54, 1.807) is 0 Å². The van der Waals surface area contributed by atoms with Crippen molar-refractivity contribution in [2.24, 2.45) is 5.41 Å². The molecule has 0 bridgehead atoms. The molecular formula is C20H34O3Si. The van der Waals surface area contributed by atoms with Crippen LogP contribution in [0.15, 0.2) is 22.8 Å². The summed E-state index contributed by atoms with van der Waals surface area (Å²) in [6.45, 7) is 18.8. The van der Waals surface area contributed by atoms with E-state index in [0.717, 1.165) is 30.3 Å². The lowest BCUT2D eigenvalue weighted by molar-refractivity contribution is -0.117. The number of ether oxygens (including phenoxy) is 1. The van der Waals surface area contributed by atoms with Gasteiger partial charge in [0.2, 0.25) is 0 Å². The molecule has 0 saturated heterocycles. The summed E-state index contributed by atoms with van der Waals surface area (Å²) in [5.41, 5.74) is 2.68. The number of fused-ring (bicyclic) bond motifs is 1. The van der Waals surface area contributed by atoms with E-state index in [2.05, 4.69) is 60.7 Å². The molecule has 1 aliphatic heterocycles. The van der Waals surface area contributed by atoms with E-state index in [1.165, 1.54) is 5.57 Å². The summed E-state index contributed by atoms with van der Waals surface area (Å²) >= 11 is 0. The second kappa shape index (κ2) is 6.22. The van der Waals surface area contributed by atoms with E-state index in [0.29, 0.717) is 13.2 Å². The van der Waals surface area contributed by atoms with Crippen molar-refractivity contribution in [2.45, 2.75) is 78.1 Å². The van der Waals surface area contributed by atoms with Crippen LogP contribution >= 0.6 is 0 Å². The largest absolute Gasteiger partial charge is 0.416 e. The van der Waals surface area contributed by atoms with Crippen molar-refractivity contribution in [2.75, 3.05) is 13.2 Å². The Kier molecular flexibility index (Phi) is 5.08. The van der Waals surface area contributed by atoms with Crippen LogP contribution in [0, 0.1) is 5.41 Å². The van der Waals surface area contributed by atoms with E-state index in [1.807, 2.05) is 0 Å². The molecule has 0 N–H and O–H groups in total. The zero-order chi connectivity index (χ0) is 18.4. The number of carbonyl (C=O) groups excluding carboxylic acids is 1. The summed E-state index contributed by atoms with van der Waals surface area (Å²) < 4.78 is 12.9. The Morgan fingerprint density at radius 2 is 1.96 bits per heavy atom. The van der Waals surface area contributed by atoms with Crippen molar-refractivity contribution in [3.05, 3.63) is 22.8 Å². The van der Waals surface area contributed by atoms with E-state index >= 15 is 0 Å². The summed E-state index contributed by atoms with van der Waals surface area (Å²) in [5.74, 6) is 0. The lowest BCUT2D eigenvalue weighted by Gasteiger charge is -2.54. The molecule has 0 aromatic carbocycles. The zero-order valence-electron chi connectivity index (χ0n) is 16.7. The van der Waals surface area contributed by atoms with Crippen LogP contribution in [0.4, 0.5) is 0 Å². The Balaban J connectivity index is 2.45. The fraction of sp³-hybridized carbons (Fsp3) is 0.750. The molecule has 4 heteroatoms. The predicted molar refractivity (Wildman–Crippen MR) is 102 cm³/mol. The van der Waals surface area contributed by atoms with Gasteiger partial charge in [0.05, 0.1) is 12.2 Å². The first-order valence-electron chi connectivity index (χ1n) is 9.00. The van der Waals surface area contributed by atoms with Gasteiger partial charge >= 0.3 is 0 Å². The molecule has 3 nitrogen and oxygen atoms in total. The number of rotatable bonds is 4. The molecule has 136 valence electrons. The fourth-order valence-electron chi connectivity index (χ4n) is 3.69. The second-order valence-electron chi connectivity index (χ2n) is 9.29. The SMILES string of the molecule is CC1=C[C@@]2(C)OCC(C=O)=C(C)[C@@]2(CO[Si](C)(C)C(C)(C)C)CC1. The van der Waals surface area contributed by atoms with Crippen molar-refractivity contribution in [1.29, 1.82) is 0 Å². The number of carbonyl (C=O) groups is 1. The van der Waals surface area contributed by atoms with Crippen molar-refractivity contribution >= 4 is 14.6 Å². The van der Waals surface area contributed by atoms with Crippen LogP contribution in [0.3, 0.4) is 0 Å². The summed E-state index contributed by atoms with van der Waals surface area (Å²) in [4.78, 5) is 11.5. The maximum absolute atomic E-state index is 11.5. The molecular weight excluding hydrogens is 316 g/mol. The second-order valence-corrected chi connectivity index (χ2v) is 14.1. The van der Waals surface area contributed by atoms with Gasteiger partial charge in [0.15, 0.2) is 8.32 Å². The van der Waals surface area contributed by atoms with Gasteiger partial charge in [0.25, 0.3) is 0 Å². The predicted octanol–water partition coefficient (Wildman–Crippen LogP) is 5.04. The van der Waals surface area contributed by atoms with Crippen LogP contribution in [0.5, 0.6) is 0 Å². The van der Waals surface area contributed by atoms with Crippen LogP contribution in [-0.4, -0.2) is 33.4 Å². The molecule has 0 unspecified atom stereocenters. The average molecular weight is 351 g/mol. The van der Waals surface area contributed by atoms with Crippen LogP contribution in [0.1, 0.15) is 54.4 Å². The first kappa shape index (κ1) is 19.6. The normalized spacial score (nSPS) is 31.6. The van der Waals surface area contributed by atoms with Crippen LogP contribution in [0.25, 0.3) is 0 Å². The third-order valence-electron chi connectivity index (χ3n) is 6.77. The third kappa shape index (κ3) is 3.09. The monoisotopic (exact) mass is 350 g/mol. The Labute approximate surface area is 148 Å². The molecule has 0 spiro atoms. The Morgan fingerprint density at radius 3 is 2.50 bits per heavy atom. The minimum Gasteiger partial charge on any atom is -0.416 e. The summed E-state index contributed by atoms with van der Waals surface area (Å²) in [6.07, 6.45) is 5.23. The van der Waals surface area contributed by atoms with Gasteiger partial charge < -0.3 is 9.16 Å². The molecule has 0 amide bonds. The highest BCUT2D eigenvalue weighted by atomic mass is 28.4. The number of hydrogen-bond acceptors (Lipinski definition) is 3. The topological polar surface area (TPSA) is 35.5 Å². The minimum atomic E-state index is -1.87. The van der Waals surface area contributed by atoms with Gasteiger partial charge in [-0.3, -0.25) is 4.79 Å². The van der Waals surface area contributed by atoms with Gasteiger partial charge in [-0.1, -0.05) is 38.0 Å². The zero-order valence-corrected chi connectivity index (χ0v) is 17.7. The molecule has 1 heterocycles. The van der Waals surface area contributed by atoms with Crippen molar-refractivity contribution < 1.29 is 14.0 Å². The van der Waals surface area contributed by atoms with E-state index in [4.69, 9.17) is 9.16 Å². The molecule has 0 saturated carbocycles.